The second kappa shape index (κ2) is 9.04. The maximum atomic E-state index is 12.8. The predicted octanol–water partition coefficient (Wildman–Crippen LogP) is 5.06. The van der Waals surface area contributed by atoms with Crippen molar-refractivity contribution in [2.45, 2.75) is 0 Å². The Kier molecular flexibility index (Phi) is 5.89. The van der Waals surface area contributed by atoms with Crippen LogP contribution in [0, 0.1) is 0 Å². The van der Waals surface area contributed by atoms with Gasteiger partial charge in [-0.15, -0.1) is 0 Å². The van der Waals surface area contributed by atoms with Crippen LogP contribution >= 0.6 is 15.9 Å². The maximum Gasteiger partial charge on any atom is 0.351 e. The second-order valence-electron chi connectivity index (χ2n) is 7.63. The molecule has 2 heterocycles. The molecule has 0 unspecified atom stereocenters. The largest absolute Gasteiger partial charge is 0.493 e. The molecule has 0 radical (unpaired) electrons. The van der Waals surface area contributed by atoms with Crippen LogP contribution in [-0.4, -0.2) is 27.3 Å². The first-order valence-corrected chi connectivity index (χ1v) is 11.3. The molecular weight excluding hydrogens is 536 g/mol. The van der Waals surface area contributed by atoms with Crippen molar-refractivity contribution >= 4 is 54.6 Å². The van der Waals surface area contributed by atoms with Gasteiger partial charge in [0.25, 0.3) is 0 Å². The molecule has 0 N–H and O–H groups in total. The minimum Gasteiger partial charge on any atom is -0.493 e. The van der Waals surface area contributed by atoms with Crippen molar-refractivity contribution in [3.05, 3.63) is 79.4 Å². The van der Waals surface area contributed by atoms with E-state index in [1.807, 2.05) is 0 Å². The molecule has 0 amide bonds. The van der Waals surface area contributed by atoms with Gasteiger partial charge in [0, 0.05) is 26.7 Å². The van der Waals surface area contributed by atoms with Gasteiger partial charge in [0.2, 0.25) is 5.75 Å². The van der Waals surface area contributed by atoms with Crippen LogP contribution in [-0.2, 0) is 0 Å². The van der Waals surface area contributed by atoms with E-state index in [1.54, 1.807) is 24.3 Å². The number of carbonyl (C=O) groups is 1. The molecule has 5 aromatic rings. The summed E-state index contributed by atoms with van der Waals surface area (Å²) < 4.78 is 33.2. The molecule has 3 aromatic carbocycles. The lowest BCUT2D eigenvalue weighted by Gasteiger charge is -2.15. The Bertz CT molecular complexity index is 1800. The summed E-state index contributed by atoms with van der Waals surface area (Å²) in [5.74, 6) is 0.0413. The molecule has 182 valence electrons. The topological polar surface area (TPSA) is 114 Å². The Morgan fingerprint density at radius 1 is 0.778 bits per heavy atom. The van der Waals surface area contributed by atoms with Gasteiger partial charge in [0.05, 0.1) is 26.7 Å². The fraction of sp³-hybridized carbons (Fsp3) is 0.115. The van der Waals surface area contributed by atoms with E-state index in [0.717, 1.165) is 4.47 Å². The van der Waals surface area contributed by atoms with Crippen molar-refractivity contribution in [2.24, 2.45) is 0 Å². The lowest BCUT2D eigenvalue weighted by Crippen LogP contribution is -2.18. The first kappa shape index (κ1) is 23.4. The standard InChI is InChI=1S/C26H17BrO9/c1-31-20-11-16-21(23(33-3)22(20)32-2)15-6-5-14(10-19(15)36-24(16)28)34-25(29)17-9-12-8-13(27)4-7-18(12)35-26(17)30/h4-11H,1-3H3. The molecule has 9 nitrogen and oxygen atoms in total. The Morgan fingerprint density at radius 3 is 2.25 bits per heavy atom. The Morgan fingerprint density at radius 2 is 1.53 bits per heavy atom. The van der Waals surface area contributed by atoms with Gasteiger partial charge in [-0.1, -0.05) is 15.9 Å². The summed E-state index contributed by atoms with van der Waals surface area (Å²) in [7, 11) is 4.35. The normalized spacial score (nSPS) is 11.1. The molecule has 0 saturated carbocycles. The van der Waals surface area contributed by atoms with E-state index in [9.17, 15) is 14.4 Å². The zero-order chi connectivity index (χ0) is 25.6. The van der Waals surface area contributed by atoms with Gasteiger partial charge in [0.15, 0.2) is 11.5 Å². The zero-order valence-electron chi connectivity index (χ0n) is 19.2. The van der Waals surface area contributed by atoms with Crippen LogP contribution in [0.15, 0.2) is 71.4 Å². The number of hydrogen-bond donors (Lipinski definition) is 0. The summed E-state index contributed by atoms with van der Waals surface area (Å²) in [5.41, 5.74) is -1.29. The van der Waals surface area contributed by atoms with Gasteiger partial charge in [-0.25, -0.2) is 14.4 Å². The molecule has 5 rings (SSSR count). The van der Waals surface area contributed by atoms with Gasteiger partial charge < -0.3 is 27.8 Å². The third-order valence-electron chi connectivity index (χ3n) is 5.60. The van der Waals surface area contributed by atoms with E-state index in [2.05, 4.69) is 15.9 Å². The average molecular weight is 553 g/mol. The molecule has 0 aliphatic carbocycles. The van der Waals surface area contributed by atoms with E-state index >= 15 is 0 Å². The van der Waals surface area contributed by atoms with Crippen molar-refractivity contribution < 1.29 is 32.6 Å². The highest BCUT2D eigenvalue weighted by molar-refractivity contribution is 9.10. The first-order valence-electron chi connectivity index (χ1n) is 10.5. The molecule has 0 fully saturated rings. The van der Waals surface area contributed by atoms with E-state index in [-0.39, 0.29) is 28.0 Å². The van der Waals surface area contributed by atoms with Gasteiger partial charge in [-0.2, -0.15) is 0 Å². The van der Waals surface area contributed by atoms with E-state index in [1.165, 1.54) is 45.6 Å². The van der Waals surface area contributed by atoms with Crippen LogP contribution in [0.3, 0.4) is 0 Å². The fourth-order valence-corrected chi connectivity index (χ4v) is 4.37. The van der Waals surface area contributed by atoms with Crippen LogP contribution < -0.4 is 30.2 Å². The van der Waals surface area contributed by atoms with Gasteiger partial charge in [0.1, 0.15) is 22.5 Å². The van der Waals surface area contributed by atoms with Gasteiger partial charge in [-0.3, -0.25) is 0 Å². The minimum absolute atomic E-state index is 0.0585. The van der Waals surface area contributed by atoms with Crippen molar-refractivity contribution in [1.29, 1.82) is 0 Å². The van der Waals surface area contributed by atoms with Crippen molar-refractivity contribution in [1.82, 2.24) is 0 Å². The van der Waals surface area contributed by atoms with Crippen LogP contribution in [0.1, 0.15) is 10.4 Å². The highest BCUT2D eigenvalue weighted by Gasteiger charge is 2.22. The third-order valence-corrected chi connectivity index (χ3v) is 6.09. The third kappa shape index (κ3) is 3.85. The van der Waals surface area contributed by atoms with E-state index in [4.69, 9.17) is 27.8 Å². The average Bonchev–Trinajstić information content (AvgIpc) is 2.87. The van der Waals surface area contributed by atoms with Gasteiger partial charge >= 0.3 is 17.2 Å². The van der Waals surface area contributed by atoms with Crippen LogP contribution in [0.25, 0.3) is 32.7 Å². The quantitative estimate of drug-likeness (QED) is 0.128. The fourth-order valence-electron chi connectivity index (χ4n) is 4.00. The summed E-state index contributed by atoms with van der Waals surface area (Å²) in [6, 6.07) is 12.4. The monoisotopic (exact) mass is 552 g/mol. The van der Waals surface area contributed by atoms with Crippen molar-refractivity contribution in [2.75, 3.05) is 21.3 Å². The van der Waals surface area contributed by atoms with Crippen LogP contribution in [0.4, 0.5) is 0 Å². The Balaban J connectivity index is 1.61. The number of ether oxygens (including phenoxy) is 4. The number of hydrogen-bond acceptors (Lipinski definition) is 9. The minimum atomic E-state index is -0.919. The zero-order valence-corrected chi connectivity index (χ0v) is 20.8. The number of esters is 1. The number of carbonyl (C=O) groups excluding carboxylic acids is 1. The van der Waals surface area contributed by atoms with Crippen molar-refractivity contribution in [3.63, 3.8) is 0 Å². The molecule has 0 aliphatic heterocycles. The highest BCUT2D eigenvalue weighted by atomic mass is 79.9. The number of benzene rings is 3. The molecule has 10 heteroatoms. The molecule has 0 bridgehead atoms. The number of fused-ring (bicyclic) bond motifs is 4. The molecule has 0 spiro atoms. The molecule has 0 atom stereocenters. The smallest absolute Gasteiger partial charge is 0.351 e. The summed E-state index contributed by atoms with van der Waals surface area (Å²) in [6.45, 7) is 0. The molecule has 0 aliphatic rings. The Labute approximate surface area is 210 Å². The second-order valence-corrected chi connectivity index (χ2v) is 8.55. The van der Waals surface area contributed by atoms with Crippen molar-refractivity contribution in [3.8, 4) is 23.0 Å². The van der Waals surface area contributed by atoms with Crippen LogP contribution in [0.5, 0.6) is 23.0 Å². The SMILES string of the molecule is COc1cc2c(=O)oc3cc(OC(=O)c4cc5cc(Br)ccc5oc4=O)ccc3c2c(OC)c1OC. The molecule has 0 saturated heterocycles. The lowest BCUT2D eigenvalue weighted by atomic mass is 10.0. The first-order chi connectivity index (χ1) is 17.3. The van der Waals surface area contributed by atoms with E-state index < -0.39 is 17.2 Å². The summed E-state index contributed by atoms with van der Waals surface area (Å²) >= 11 is 3.34. The lowest BCUT2D eigenvalue weighted by molar-refractivity contribution is 0.0730. The Hall–Kier alpha value is -4.31. The number of methoxy groups -OCH3 is 3. The molecule has 36 heavy (non-hydrogen) atoms. The molecular formula is C26H17BrO9. The summed E-state index contributed by atoms with van der Waals surface area (Å²) in [4.78, 5) is 38.0. The predicted molar refractivity (Wildman–Crippen MR) is 135 cm³/mol. The summed E-state index contributed by atoms with van der Waals surface area (Å²) in [5, 5.41) is 1.72. The summed E-state index contributed by atoms with van der Waals surface area (Å²) in [6.07, 6.45) is 0. The maximum absolute atomic E-state index is 12.8. The highest BCUT2D eigenvalue weighted by Crippen LogP contribution is 2.45. The number of halogens is 1. The molecule has 2 aromatic heterocycles. The van der Waals surface area contributed by atoms with Gasteiger partial charge in [-0.05, 0) is 42.5 Å². The van der Waals surface area contributed by atoms with Crippen LogP contribution in [0.2, 0.25) is 0 Å². The number of rotatable bonds is 5. The van der Waals surface area contributed by atoms with E-state index in [0.29, 0.717) is 33.2 Å².